The Morgan fingerprint density at radius 3 is 1.43 bits per heavy atom. The average Bonchev–Trinajstić information content (AvgIpc) is 3.18. The van der Waals surface area contributed by atoms with Crippen molar-refractivity contribution in [2.24, 2.45) is 0 Å². The molecular weight excluding hydrogens is 727 g/mol. The third kappa shape index (κ3) is 38.5. The minimum Gasteiger partial charge on any atom is -0.477 e. The molecule has 0 aromatic rings. The molecular formula is C50H88NO7+. The number of carboxylic acid groups (broad SMARTS) is 1. The first-order chi connectivity index (χ1) is 28.1. The van der Waals surface area contributed by atoms with Crippen LogP contribution in [0, 0.1) is 0 Å². The SMILES string of the molecule is CC/C=C/C=C/C=C/C=C/C=C/CCCCCC(=O)OCC(COCCC(C(=O)O)[N+](C)(C)C)OC(=O)CCCCCCCCCCCCCCCCCCCCC. The Morgan fingerprint density at radius 1 is 0.534 bits per heavy atom. The number of quaternary nitrogens is 1. The van der Waals surface area contributed by atoms with Gasteiger partial charge in [0.1, 0.15) is 6.61 Å². The number of aliphatic carboxylic acids is 1. The summed E-state index contributed by atoms with van der Waals surface area (Å²) in [5.41, 5.74) is 0. The van der Waals surface area contributed by atoms with Gasteiger partial charge in [0.15, 0.2) is 12.1 Å². The van der Waals surface area contributed by atoms with Crippen molar-refractivity contribution in [3.8, 4) is 0 Å². The first-order valence-electron chi connectivity index (χ1n) is 23.4. The number of esters is 2. The number of carbonyl (C=O) groups is 3. The fourth-order valence-corrected chi connectivity index (χ4v) is 6.70. The van der Waals surface area contributed by atoms with Gasteiger partial charge in [0.2, 0.25) is 0 Å². The first-order valence-corrected chi connectivity index (χ1v) is 23.4. The number of nitrogens with zero attached hydrogens (tertiary/aromatic N) is 1. The Balaban J connectivity index is 4.34. The van der Waals surface area contributed by atoms with Gasteiger partial charge in [0.25, 0.3) is 0 Å². The van der Waals surface area contributed by atoms with Crippen LogP contribution in [0.25, 0.3) is 0 Å². The van der Waals surface area contributed by atoms with Crippen molar-refractivity contribution >= 4 is 17.9 Å². The van der Waals surface area contributed by atoms with Crippen molar-refractivity contribution in [3.05, 3.63) is 60.8 Å². The summed E-state index contributed by atoms with van der Waals surface area (Å²) >= 11 is 0. The fraction of sp³-hybridized carbons (Fsp3) is 0.740. The smallest absolute Gasteiger partial charge is 0.362 e. The van der Waals surface area contributed by atoms with E-state index in [-0.39, 0.29) is 36.2 Å². The zero-order valence-electron chi connectivity index (χ0n) is 38.0. The maximum Gasteiger partial charge on any atom is 0.362 e. The summed E-state index contributed by atoms with van der Waals surface area (Å²) in [5, 5.41) is 9.63. The Bertz CT molecular complexity index is 1130. The minimum atomic E-state index is -0.882. The van der Waals surface area contributed by atoms with Crippen molar-refractivity contribution in [3.63, 3.8) is 0 Å². The summed E-state index contributed by atoms with van der Waals surface area (Å²) in [6.45, 7) is 4.56. The zero-order valence-corrected chi connectivity index (χ0v) is 38.0. The van der Waals surface area contributed by atoms with E-state index in [1.54, 1.807) is 0 Å². The lowest BCUT2D eigenvalue weighted by molar-refractivity contribution is -0.887. The van der Waals surface area contributed by atoms with Gasteiger partial charge >= 0.3 is 17.9 Å². The molecule has 0 aliphatic rings. The molecule has 0 heterocycles. The molecule has 0 bridgehead atoms. The molecule has 0 spiro atoms. The summed E-state index contributed by atoms with van der Waals surface area (Å²) < 4.78 is 17.3. The number of ether oxygens (including phenoxy) is 3. The number of likely N-dealkylation sites (N-methyl/N-ethyl adjacent to an activating group) is 1. The maximum atomic E-state index is 12.8. The van der Waals surface area contributed by atoms with Gasteiger partial charge in [-0.1, -0.05) is 197 Å². The molecule has 0 aromatic heterocycles. The van der Waals surface area contributed by atoms with Crippen molar-refractivity contribution in [2.45, 2.75) is 199 Å². The summed E-state index contributed by atoms with van der Waals surface area (Å²) in [7, 11) is 5.51. The highest BCUT2D eigenvalue weighted by Crippen LogP contribution is 2.16. The molecule has 334 valence electrons. The molecule has 0 aliphatic carbocycles. The molecule has 0 saturated heterocycles. The molecule has 0 rings (SSSR count). The van der Waals surface area contributed by atoms with Crippen molar-refractivity contribution in [2.75, 3.05) is 41.0 Å². The van der Waals surface area contributed by atoms with Crippen LogP contribution in [0.1, 0.15) is 187 Å². The molecule has 0 aromatic carbocycles. The van der Waals surface area contributed by atoms with E-state index >= 15 is 0 Å². The molecule has 0 saturated carbocycles. The number of hydrogen-bond acceptors (Lipinski definition) is 6. The van der Waals surface area contributed by atoms with Gasteiger partial charge in [-0.3, -0.25) is 9.59 Å². The highest BCUT2D eigenvalue weighted by atomic mass is 16.6. The number of unbranched alkanes of at least 4 members (excludes halogenated alkanes) is 21. The van der Waals surface area contributed by atoms with E-state index in [0.29, 0.717) is 19.3 Å². The van der Waals surface area contributed by atoms with E-state index in [1.807, 2.05) is 69.8 Å². The second kappa shape index (κ2) is 40.8. The molecule has 2 unspecified atom stereocenters. The highest BCUT2D eigenvalue weighted by Gasteiger charge is 2.31. The molecule has 0 amide bonds. The zero-order chi connectivity index (χ0) is 42.8. The van der Waals surface area contributed by atoms with Crippen LogP contribution in [0.3, 0.4) is 0 Å². The summed E-state index contributed by atoms with van der Waals surface area (Å²) in [5.74, 6) is -1.52. The Labute approximate surface area is 356 Å². The normalized spacial score (nSPS) is 13.5. The minimum absolute atomic E-state index is 0.0469. The van der Waals surface area contributed by atoms with Gasteiger partial charge in [-0.15, -0.1) is 0 Å². The topological polar surface area (TPSA) is 99.1 Å². The predicted octanol–water partition coefficient (Wildman–Crippen LogP) is 13.0. The molecule has 0 fully saturated rings. The second-order valence-corrected chi connectivity index (χ2v) is 16.8. The third-order valence-electron chi connectivity index (χ3n) is 10.3. The van der Waals surface area contributed by atoms with Gasteiger partial charge in [-0.05, 0) is 32.1 Å². The summed E-state index contributed by atoms with van der Waals surface area (Å²) in [6, 6.07) is -0.622. The van der Waals surface area contributed by atoms with E-state index in [1.165, 1.54) is 103 Å². The quantitative estimate of drug-likeness (QED) is 0.0284. The van der Waals surface area contributed by atoms with Gasteiger partial charge in [0, 0.05) is 19.3 Å². The lowest BCUT2D eigenvalue weighted by atomic mass is 10.0. The number of allylic oxidation sites excluding steroid dienone is 10. The van der Waals surface area contributed by atoms with E-state index in [2.05, 4.69) is 26.0 Å². The van der Waals surface area contributed by atoms with Gasteiger partial charge < -0.3 is 23.8 Å². The largest absolute Gasteiger partial charge is 0.477 e. The van der Waals surface area contributed by atoms with E-state index in [4.69, 9.17) is 14.2 Å². The monoisotopic (exact) mass is 815 g/mol. The molecule has 8 heteroatoms. The number of carbonyl (C=O) groups excluding carboxylic acids is 2. The molecule has 58 heavy (non-hydrogen) atoms. The van der Waals surface area contributed by atoms with E-state index < -0.39 is 18.1 Å². The van der Waals surface area contributed by atoms with Crippen LogP contribution in [0.5, 0.6) is 0 Å². The Hall–Kier alpha value is -2.97. The van der Waals surface area contributed by atoms with Gasteiger partial charge in [-0.25, -0.2) is 4.79 Å². The first kappa shape index (κ1) is 55.0. The third-order valence-corrected chi connectivity index (χ3v) is 10.3. The molecule has 8 nitrogen and oxygen atoms in total. The second-order valence-electron chi connectivity index (χ2n) is 16.8. The lowest BCUT2D eigenvalue weighted by Crippen LogP contribution is -2.50. The number of rotatable bonds is 41. The molecule has 1 N–H and O–H groups in total. The standard InChI is InChI=1S/C50H87NO7/c1-6-8-10-12-14-16-18-20-22-23-24-25-27-29-31-33-35-37-39-41-49(53)58-46(44-56-43-42-47(50(54)55)51(3,4)5)45-57-48(52)40-38-36-34-32-30-28-26-21-19-17-15-13-11-9-7-2/h9,11,13,15,17,19,21,26,28,30,46-47H,6-8,10,12,14,16,18,20,22-25,27,29,31-45H2,1-5H3/p+1/b11-9+,15-13+,19-17+,26-21+,30-28+. The molecule has 0 aliphatic heterocycles. The van der Waals surface area contributed by atoms with Crippen LogP contribution in [-0.2, 0) is 28.6 Å². The van der Waals surface area contributed by atoms with Crippen molar-refractivity contribution < 1.29 is 38.2 Å². The maximum absolute atomic E-state index is 12.8. The lowest BCUT2D eigenvalue weighted by Gasteiger charge is -2.31. The Morgan fingerprint density at radius 2 is 0.966 bits per heavy atom. The molecule has 0 radical (unpaired) electrons. The predicted molar refractivity (Wildman–Crippen MR) is 243 cm³/mol. The van der Waals surface area contributed by atoms with Crippen LogP contribution in [0.15, 0.2) is 60.8 Å². The number of hydrogen-bond donors (Lipinski definition) is 1. The van der Waals surface area contributed by atoms with Gasteiger partial charge in [-0.2, -0.15) is 0 Å². The van der Waals surface area contributed by atoms with Crippen molar-refractivity contribution in [1.82, 2.24) is 0 Å². The van der Waals surface area contributed by atoms with Crippen LogP contribution >= 0.6 is 0 Å². The fourth-order valence-electron chi connectivity index (χ4n) is 6.70. The van der Waals surface area contributed by atoms with Gasteiger partial charge in [0.05, 0.1) is 34.4 Å². The summed E-state index contributed by atoms with van der Waals surface area (Å²) in [4.78, 5) is 37.0. The van der Waals surface area contributed by atoms with Crippen molar-refractivity contribution in [1.29, 1.82) is 0 Å². The highest BCUT2D eigenvalue weighted by molar-refractivity contribution is 5.72. The molecule has 2 atom stereocenters. The van der Waals surface area contributed by atoms with Crippen LogP contribution in [0.2, 0.25) is 0 Å². The van der Waals surface area contributed by atoms with E-state index in [0.717, 1.165) is 51.4 Å². The summed E-state index contributed by atoms with van der Waals surface area (Å²) in [6.07, 6.45) is 49.8. The van der Waals surface area contributed by atoms with Crippen LogP contribution < -0.4 is 0 Å². The van der Waals surface area contributed by atoms with Crippen LogP contribution in [0.4, 0.5) is 0 Å². The number of carboxylic acids is 1. The Kier molecular flexibility index (Phi) is 38.7. The van der Waals surface area contributed by atoms with E-state index in [9.17, 15) is 19.5 Å². The average molecular weight is 815 g/mol. The van der Waals surface area contributed by atoms with Crippen LogP contribution in [-0.4, -0.2) is 80.6 Å².